The molecule has 0 saturated heterocycles. The normalized spacial score (nSPS) is 11.3. The second-order valence-corrected chi connectivity index (χ2v) is 6.35. The number of rotatable bonds is 1. The molecular weight excluding hydrogens is 278 g/mol. The molecule has 4 aromatic rings. The van der Waals surface area contributed by atoms with Crippen molar-refractivity contribution >= 4 is 21.7 Å². The topological polar surface area (TPSA) is 12.9 Å². The standard InChI is InChI=1S/C22H19N/c1-14-7-6-8-17(12-14)22-19-10-5-4-9-18(19)20-13-15(2)11-16(3)21(20)23-22/h4-13H,1-3H3. The van der Waals surface area contributed by atoms with Crippen molar-refractivity contribution in [2.45, 2.75) is 20.8 Å². The minimum atomic E-state index is 1.07. The van der Waals surface area contributed by atoms with Gasteiger partial charge in [-0.05, 0) is 43.9 Å². The second-order valence-electron chi connectivity index (χ2n) is 6.35. The lowest BCUT2D eigenvalue weighted by atomic mass is 9.97. The van der Waals surface area contributed by atoms with Crippen molar-refractivity contribution in [2.24, 2.45) is 0 Å². The molecule has 0 saturated carbocycles. The molecule has 112 valence electrons. The Morgan fingerprint density at radius 1 is 0.652 bits per heavy atom. The molecule has 0 atom stereocenters. The number of aryl methyl sites for hydroxylation is 3. The molecule has 1 heteroatoms. The summed E-state index contributed by atoms with van der Waals surface area (Å²) in [6.07, 6.45) is 0. The van der Waals surface area contributed by atoms with Crippen LogP contribution in [0.3, 0.4) is 0 Å². The molecule has 0 aliphatic carbocycles. The summed E-state index contributed by atoms with van der Waals surface area (Å²) >= 11 is 0. The third kappa shape index (κ3) is 2.29. The summed E-state index contributed by atoms with van der Waals surface area (Å²) in [6.45, 7) is 6.42. The number of hydrogen-bond donors (Lipinski definition) is 0. The van der Waals surface area contributed by atoms with Crippen LogP contribution in [0.2, 0.25) is 0 Å². The first kappa shape index (κ1) is 14.0. The molecule has 0 unspecified atom stereocenters. The Kier molecular flexibility index (Phi) is 3.16. The van der Waals surface area contributed by atoms with E-state index in [4.69, 9.17) is 4.98 Å². The first-order valence-corrected chi connectivity index (χ1v) is 8.00. The number of pyridine rings is 1. The molecule has 1 aromatic heterocycles. The highest BCUT2D eigenvalue weighted by Gasteiger charge is 2.11. The van der Waals surface area contributed by atoms with E-state index in [1.807, 2.05) is 0 Å². The van der Waals surface area contributed by atoms with E-state index in [9.17, 15) is 0 Å². The first-order chi connectivity index (χ1) is 11.1. The number of benzene rings is 3. The molecule has 0 N–H and O–H groups in total. The van der Waals surface area contributed by atoms with Gasteiger partial charge in [0, 0.05) is 16.3 Å². The predicted molar refractivity (Wildman–Crippen MR) is 98.9 cm³/mol. The summed E-state index contributed by atoms with van der Waals surface area (Å²) < 4.78 is 0. The lowest BCUT2D eigenvalue weighted by Crippen LogP contribution is -1.93. The average molecular weight is 297 g/mol. The molecule has 4 rings (SSSR count). The van der Waals surface area contributed by atoms with Gasteiger partial charge in [-0.2, -0.15) is 0 Å². The maximum atomic E-state index is 5.06. The van der Waals surface area contributed by atoms with E-state index < -0.39 is 0 Å². The molecule has 0 amide bonds. The van der Waals surface area contributed by atoms with Gasteiger partial charge in [-0.1, -0.05) is 59.7 Å². The Balaban J connectivity index is 2.19. The van der Waals surface area contributed by atoms with Crippen LogP contribution < -0.4 is 0 Å². The Hall–Kier alpha value is -2.67. The van der Waals surface area contributed by atoms with E-state index in [-0.39, 0.29) is 0 Å². The second kappa shape index (κ2) is 5.20. The van der Waals surface area contributed by atoms with Crippen molar-refractivity contribution in [1.82, 2.24) is 4.98 Å². The number of nitrogens with zero attached hydrogens (tertiary/aromatic N) is 1. The van der Waals surface area contributed by atoms with Crippen LogP contribution in [-0.4, -0.2) is 4.98 Å². The van der Waals surface area contributed by atoms with Gasteiger partial charge in [0.1, 0.15) is 0 Å². The summed E-state index contributed by atoms with van der Waals surface area (Å²) in [5, 5.41) is 3.74. The molecule has 0 bridgehead atoms. The highest BCUT2D eigenvalue weighted by atomic mass is 14.7. The van der Waals surface area contributed by atoms with E-state index in [1.165, 1.54) is 38.4 Å². The van der Waals surface area contributed by atoms with E-state index in [1.54, 1.807) is 0 Å². The van der Waals surface area contributed by atoms with E-state index in [2.05, 4.69) is 81.4 Å². The molecular formula is C22H19N. The summed E-state index contributed by atoms with van der Waals surface area (Å²) in [5.74, 6) is 0. The van der Waals surface area contributed by atoms with Crippen molar-refractivity contribution < 1.29 is 0 Å². The fraction of sp³-hybridized carbons (Fsp3) is 0.136. The fourth-order valence-corrected chi connectivity index (χ4v) is 3.42. The highest BCUT2D eigenvalue weighted by molar-refractivity contribution is 6.11. The largest absolute Gasteiger partial charge is 0.247 e. The van der Waals surface area contributed by atoms with Crippen LogP contribution in [0, 0.1) is 20.8 Å². The zero-order chi connectivity index (χ0) is 16.0. The minimum Gasteiger partial charge on any atom is -0.247 e. The van der Waals surface area contributed by atoms with E-state index >= 15 is 0 Å². The van der Waals surface area contributed by atoms with Gasteiger partial charge in [0.2, 0.25) is 0 Å². The van der Waals surface area contributed by atoms with Gasteiger partial charge in [-0.25, -0.2) is 4.98 Å². The average Bonchev–Trinajstić information content (AvgIpc) is 2.54. The SMILES string of the molecule is Cc1cccc(-c2nc3c(C)cc(C)cc3c3ccccc23)c1. The summed E-state index contributed by atoms with van der Waals surface area (Å²) in [6, 6.07) is 21.6. The van der Waals surface area contributed by atoms with Crippen molar-refractivity contribution in [3.05, 3.63) is 77.4 Å². The number of aromatic nitrogens is 1. The molecule has 0 radical (unpaired) electrons. The van der Waals surface area contributed by atoms with Crippen LogP contribution in [0.5, 0.6) is 0 Å². The maximum absolute atomic E-state index is 5.06. The lowest BCUT2D eigenvalue weighted by molar-refractivity contribution is 1.35. The van der Waals surface area contributed by atoms with Gasteiger partial charge in [-0.15, -0.1) is 0 Å². The summed E-state index contributed by atoms with van der Waals surface area (Å²) in [5.41, 5.74) is 7.14. The monoisotopic (exact) mass is 297 g/mol. The quantitative estimate of drug-likeness (QED) is 0.394. The highest BCUT2D eigenvalue weighted by Crippen LogP contribution is 2.34. The Bertz CT molecular complexity index is 1040. The van der Waals surface area contributed by atoms with Crippen LogP contribution in [0.4, 0.5) is 0 Å². The third-order valence-electron chi connectivity index (χ3n) is 4.43. The third-order valence-corrected chi connectivity index (χ3v) is 4.43. The smallest absolute Gasteiger partial charge is 0.0788 e. The Morgan fingerprint density at radius 3 is 2.22 bits per heavy atom. The van der Waals surface area contributed by atoms with Crippen LogP contribution in [0.25, 0.3) is 32.9 Å². The number of hydrogen-bond acceptors (Lipinski definition) is 1. The zero-order valence-electron chi connectivity index (χ0n) is 13.7. The molecule has 1 heterocycles. The molecule has 0 spiro atoms. The molecule has 0 fully saturated rings. The van der Waals surface area contributed by atoms with Gasteiger partial charge in [0.25, 0.3) is 0 Å². The first-order valence-electron chi connectivity index (χ1n) is 8.00. The maximum Gasteiger partial charge on any atom is 0.0788 e. The summed E-state index contributed by atoms with van der Waals surface area (Å²) in [4.78, 5) is 5.06. The van der Waals surface area contributed by atoms with E-state index in [0.29, 0.717) is 0 Å². The van der Waals surface area contributed by atoms with Gasteiger partial charge in [0.05, 0.1) is 11.2 Å². The predicted octanol–water partition coefficient (Wildman–Crippen LogP) is 5.98. The van der Waals surface area contributed by atoms with Crippen LogP contribution in [0.15, 0.2) is 60.7 Å². The molecule has 1 nitrogen and oxygen atoms in total. The van der Waals surface area contributed by atoms with Crippen molar-refractivity contribution in [2.75, 3.05) is 0 Å². The van der Waals surface area contributed by atoms with Crippen LogP contribution >= 0.6 is 0 Å². The molecule has 3 aromatic carbocycles. The molecule has 23 heavy (non-hydrogen) atoms. The zero-order valence-corrected chi connectivity index (χ0v) is 13.7. The van der Waals surface area contributed by atoms with Gasteiger partial charge in [0.15, 0.2) is 0 Å². The molecule has 0 aliphatic heterocycles. The van der Waals surface area contributed by atoms with Gasteiger partial charge < -0.3 is 0 Å². The Labute approximate surface area is 136 Å². The molecule has 0 aliphatic rings. The fourth-order valence-electron chi connectivity index (χ4n) is 3.42. The summed E-state index contributed by atoms with van der Waals surface area (Å²) in [7, 11) is 0. The van der Waals surface area contributed by atoms with Crippen LogP contribution in [-0.2, 0) is 0 Å². The van der Waals surface area contributed by atoms with Crippen molar-refractivity contribution in [1.29, 1.82) is 0 Å². The minimum absolute atomic E-state index is 1.07. The van der Waals surface area contributed by atoms with Gasteiger partial charge in [-0.3, -0.25) is 0 Å². The number of fused-ring (bicyclic) bond motifs is 3. The van der Waals surface area contributed by atoms with E-state index in [0.717, 1.165) is 11.2 Å². The van der Waals surface area contributed by atoms with Crippen molar-refractivity contribution in [3.8, 4) is 11.3 Å². The van der Waals surface area contributed by atoms with Crippen LogP contribution in [0.1, 0.15) is 16.7 Å². The lowest BCUT2D eigenvalue weighted by Gasteiger charge is -2.12. The Morgan fingerprint density at radius 2 is 1.43 bits per heavy atom. The van der Waals surface area contributed by atoms with Crippen molar-refractivity contribution in [3.63, 3.8) is 0 Å². The van der Waals surface area contributed by atoms with Gasteiger partial charge >= 0.3 is 0 Å².